The van der Waals surface area contributed by atoms with Crippen LogP contribution < -0.4 is 16.2 Å². The van der Waals surface area contributed by atoms with Crippen LogP contribution in [0, 0.1) is 12.8 Å². The van der Waals surface area contributed by atoms with Crippen LogP contribution in [0.2, 0.25) is 5.32 Å². The first-order chi connectivity index (χ1) is 11.9. The number of rotatable bonds is 7. The SMILES string of the molecule is COc1ccc(C[Se]C[C@H](N)C(=O)N2CCCC(C(N)=O)C2)cc1C. The van der Waals surface area contributed by atoms with Gasteiger partial charge in [0.25, 0.3) is 0 Å². The Balaban J connectivity index is 1.81. The van der Waals surface area contributed by atoms with Crippen LogP contribution in [-0.4, -0.2) is 57.9 Å². The van der Waals surface area contributed by atoms with Crippen molar-refractivity contribution < 1.29 is 14.3 Å². The van der Waals surface area contributed by atoms with E-state index < -0.39 is 6.04 Å². The number of ether oxygens (including phenoxy) is 1. The first kappa shape index (κ1) is 19.8. The van der Waals surface area contributed by atoms with Crippen molar-refractivity contribution >= 4 is 26.8 Å². The quantitative estimate of drug-likeness (QED) is 0.644. The third kappa shape index (κ3) is 5.46. The Morgan fingerprint density at radius 1 is 1.44 bits per heavy atom. The van der Waals surface area contributed by atoms with Crippen LogP contribution in [0.25, 0.3) is 0 Å². The summed E-state index contributed by atoms with van der Waals surface area (Å²) >= 11 is 0.245. The van der Waals surface area contributed by atoms with E-state index in [0.29, 0.717) is 18.4 Å². The summed E-state index contributed by atoms with van der Waals surface area (Å²) in [6.07, 6.45) is 1.57. The molecule has 1 aromatic rings. The first-order valence-corrected chi connectivity index (χ1v) is 10.9. The van der Waals surface area contributed by atoms with Gasteiger partial charge in [-0.3, -0.25) is 0 Å². The van der Waals surface area contributed by atoms with Gasteiger partial charge in [-0.25, -0.2) is 0 Å². The number of likely N-dealkylation sites (tertiary alicyclic amines) is 1. The number of nitrogens with two attached hydrogens (primary N) is 2. The van der Waals surface area contributed by atoms with Crippen molar-refractivity contribution in [3.05, 3.63) is 29.3 Å². The predicted octanol–water partition coefficient (Wildman–Crippen LogP) is 0.677. The van der Waals surface area contributed by atoms with E-state index in [2.05, 4.69) is 12.1 Å². The molecule has 1 unspecified atom stereocenters. The van der Waals surface area contributed by atoms with Gasteiger partial charge < -0.3 is 0 Å². The molecule has 0 aromatic heterocycles. The van der Waals surface area contributed by atoms with E-state index in [1.807, 2.05) is 13.0 Å². The summed E-state index contributed by atoms with van der Waals surface area (Å²) in [5, 5.41) is 1.62. The Morgan fingerprint density at radius 3 is 2.84 bits per heavy atom. The molecular formula is C18H27N3O3Se. The monoisotopic (exact) mass is 413 g/mol. The van der Waals surface area contributed by atoms with Gasteiger partial charge in [0.2, 0.25) is 0 Å². The van der Waals surface area contributed by atoms with Crippen LogP contribution in [0.5, 0.6) is 5.75 Å². The molecular weight excluding hydrogens is 385 g/mol. The number of benzene rings is 1. The Bertz CT molecular complexity index is 624. The van der Waals surface area contributed by atoms with Crippen LogP contribution >= 0.6 is 0 Å². The molecule has 1 saturated heterocycles. The van der Waals surface area contributed by atoms with Crippen molar-refractivity contribution in [2.75, 3.05) is 20.2 Å². The van der Waals surface area contributed by atoms with E-state index in [1.54, 1.807) is 12.0 Å². The standard InChI is InChI=1S/C18H27N3O3Se/c1-12-8-13(5-6-16(12)24-2)10-25-11-15(19)18(23)21-7-3-4-14(9-21)17(20)22/h5-6,8,14-15H,3-4,7,9-11,19H2,1-2H3,(H2,20,22)/t14?,15-/m0/s1. The Labute approximate surface area is 155 Å². The topological polar surface area (TPSA) is 98.7 Å². The summed E-state index contributed by atoms with van der Waals surface area (Å²) in [6.45, 7) is 3.10. The third-order valence-corrected chi connectivity index (χ3v) is 6.85. The van der Waals surface area contributed by atoms with Crippen molar-refractivity contribution in [2.45, 2.75) is 36.4 Å². The van der Waals surface area contributed by atoms with Crippen LogP contribution in [0.3, 0.4) is 0 Å². The number of amides is 2. The summed E-state index contributed by atoms with van der Waals surface area (Å²) in [5.41, 5.74) is 13.8. The molecule has 0 aliphatic carbocycles. The van der Waals surface area contributed by atoms with Gasteiger partial charge in [0, 0.05) is 0 Å². The molecule has 1 fully saturated rings. The number of piperidine rings is 1. The maximum absolute atomic E-state index is 12.5. The Kier molecular flexibility index (Phi) is 7.29. The van der Waals surface area contributed by atoms with Gasteiger partial charge in [-0.05, 0) is 0 Å². The number of nitrogens with zero attached hydrogens (tertiary/aromatic N) is 1. The van der Waals surface area contributed by atoms with Crippen LogP contribution in [0.15, 0.2) is 18.2 Å². The minimum absolute atomic E-state index is 0.0567. The summed E-state index contributed by atoms with van der Waals surface area (Å²) in [5.74, 6) is 0.263. The van der Waals surface area contributed by atoms with Crippen LogP contribution in [0.1, 0.15) is 24.0 Å². The van der Waals surface area contributed by atoms with Gasteiger partial charge >= 0.3 is 155 Å². The van der Waals surface area contributed by atoms with Gasteiger partial charge in [0.1, 0.15) is 0 Å². The molecule has 1 aliphatic heterocycles. The molecule has 25 heavy (non-hydrogen) atoms. The molecule has 2 atom stereocenters. The zero-order chi connectivity index (χ0) is 18.4. The fourth-order valence-corrected chi connectivity index (χ4v) is 5.00. The molecule has 138 valence electrons. The number of carbonyl (C=O) groups is 2. The summed E-state index contributed by atoms with van der Waals surface area (Å²) in [7, 11) is 1.67. The second kappa shape index (κ2) is 9.22. The fourth-order valence-electron chi connectivity index (χ4n) is 3.05. The molecule has 2 amide bonds. The molecule has 1 aliphatic rings. The molecule has 2 rings (SSSR count). The molecule has 4 N–H and O–H groups in total. The van der Waals surface area contributed by atoms with Crippen molar-refractivity contribution in [2.24, 2.45) is 17.4 Å². The average molecular weight is 412 g/mol. The summed E-state index contributed by atoms with van der Waals surface area (Å²) < 4.78 is 5.27. The average Bonchev–Trinajstić information content (AvgIpc) is 2.61. The van der Waals surface area contributed by atoms with E-state index in [0.717, 1.165) is 29.5 Å². The molecule has 0 radical (unpaired) electrons. The number of aryl methyl sites for hydroxylation is 1. The Morgan fingerprint density at radius 2 is 2.20 bits per heavy atom. The summed E-state index contributed by atoms with van der Waals surface area (Å²) in [6, 6.07) is 5.66. The molecule has 0 spiro atoms. The maximum atomic E-state index is 12.5. The van der Waals surface area contributed by atoms with Crippen molar-refractivity contribution in [1.82, 2.24) is 4.90 Å². The predicted molar refractivity (Wildman–Crippen MR) is 98.5 cm³/mol. The fraction of sp³-hybridized carbons (Fsp3) is 0.556. The molecule has 0 bridgehead atoms. The number of methoxy groups -OCH3 is 1. The normalized spacial score (nSPS) is 18.7. The van der Waals surface area contributed by atoms with Crippen molar-refractivity contribution in [3.63, 3.8) is 0 Å². The number of hydrogen-bond acceptors (Lipinski definition) is 4. The zero-order valence-electron chi connectivity index (χ0n) is 14.9. The van der Waals surface area contributed by atoms with Gasteiger partial charge in [0.05, 0.1) is 0 Å². The number of hydrogen-bond donors (Lipinski definition) is 2. The van der Waals surface area contributed by atoms with Crippen molar-refractivity contribution in [1.29, 1.82) is 0 Å². The van der Waals surface area contributed by atoms with Crippen LogP contribution in [0.4, 0.5) is 0 Å². The summed E-state index contributed by atoms with van der Waals surface area (Å²) in [4.78, 5) is 25.5. The molecule has 0 saturated carbocycles. The zero-order valence-corrected chi connectivity index (χ0v) is 16.6. The molecule has 1 heterocycles. The Hall–Kier alpha value is -1.56. The molecule has 1 aromatic carbocycles. The van der Waals surface area contributed by atoms with Gasteiger partial charge in [-0.1, -0.05) is 0 Å². The third-order valence-electron chi connectivity index (χ3n) is 4.48. The van der Waals surface area contributed by atoms with E-state index in [-0.39, 0.29) is 32.7 Å². The second-order valence-corrected chi connectivity index (χ2v) is 8.61. The van der Waals surface area contributed by atoms with E-state index in [1.165, 1.54) is 5.56 Å². The first-order valence-electron chi connectivity index (χ1n) is 8.47. The van der Waals surface area contributed by atoms with Gasteiger partial charge in [0.15, 0.2) is 0 Å². The minimum atomic E-state index is -0.494. The van der Waals surface area contributed by atoms with Gasteiger partial charge in [-0.2, -0.15) is 0 Å². The van der Waals surface area contributed by atoms with Crippen LogP contribution in [-0.2, 0) is 14.9 Å². The van der Waals surface area contributed by atoms with E-state index in [4.69, 9.17) is 16.2 Å². The van der Waals surface area contributed by atoms with E-state index >= 15 is 0 Å². The molecule has 6 nitrogen and oxygen atoms in total. The van der Waals surface area contributed by atoms with Gasteiger partial charge in [-0.15, -0.1) is 0 Å². The van der Waals surface area contributed by atoms with E-state index in [9.17, 15) is 9.59 Å². The number of primary amides is 1. The van der Waals surface area contributed by atoms with Crippen molar-refractivity contribution in [3.8, 4) is 5.75 Å². The second-order valence-electron chi connectivity index (χ2n) is 6.45. The molecule has 7 heteroatoms. The number of carbonyl (C=O) groups excluding carboxylic acids is 2.